The van der Waals surface area contributed by atoms with Crippen LogP contribution in [0.25, 0.3) is 0 Å². The molecule has 1 aromatic carbocycles. The van der Waals surface area contributed by atoms with Crippen molar-refractivity contribution in [3.63, 3.8) is 0 Å². The van der Waals surface area contributed by atoms with Gasteiger partial charge in [0, 0.05) is 26.4 Å². The van der Waals surface area contributed by atoms with Crippen molar-refractivity contribution < 1.29 is 28.4 Å². The molecule has 0 spiro atoms. The van der Waals surface area contributed by atoms with E-state index in [-0.39, 0.29) is 13.6 Å². The number of methoxy groups -OCH3 is 2. The maximum atomic E-state index is 5.68. The molecule has 0 aliphatic carbocycles. The van der Waals surface area contributed by atoms with Crippen molar-refractivity contribution in [3.05, 3.63) is 12.1 Å². The minimum absolute atomic E-state index is 0.0919. The lowest BCUT2D eigenvalue weighted by Gasteiger charge is -2.17. The maximum absolute atomic E-state index is 5.68. The predicted molar refractivity (Wildman–Crippen MR) is 97.7 cm³/mol. The molecule has 0 fully saturated rings. The van der Waals surface area contributed by atoms with Gasteiger partial charge >= 0.3 is 0 Å². The quantitative estimate of drug-likeness (QED) is 0.292. The largest absolute Gasteiger partial charge is 0.464 e. The van der Waals surface area contributed by atoms with Crippen LogP contribution in [0.15, 0.2) is 12.1 Å². The smallest absolute Gasteiger partial charge is 0.189 e. The molecular weight excluding hydrogens is 348 g/mol. The molecule has 2 rings (SSSR count). The van der Waals surface area contributed by atoms with Crippen LogP contribution in [-0.4, -0.2) is 59.2 Å². The average Bonchev–Trinajstić information content (AvgIpc) is 2.87. The highest BCUT2D eigenvalue weighted by molar-refractivity contribution is 7.82. The summed E-state index contributed by atoms with van der Waals surface area (Å²) in [7, 11) is 3.24. The van der Waals surface area contributed by atoms with Gasteiger partial charge in [0.25, 0.3) is 0 Å². The van der Waals surface area contributed by atoms with Crippen LogP contribution in [0, 0.1) is 0 Å². The number of ether oxygens (including phenoxy) is 6. The highest BCUT2D eigenvalue weighted by Crippen LogP contribution is 2.43. The van der Waals surface area contributed by atoms with Gasteiger partial charge in [-0.3, -0.25) is 0 Å². The number of hydrogen-bond acceptors (Lipinski definition) is 9. The first-order valence-electron chi connectivity index (χ1n) is 7.91. The normalized spacial score (nSPS) is 14.6. The zero-order chi connectivity index (χ0) is 18.1. The summed E-state index contributed by atoms with van der Waals surface area (Å²) in [6, 6.07) is 3.68. The van der Waals surface area contributed by atoms with Gasteiger partial charge in [-0.1, -0.05) is 0 Å². The zero-order valence-corrected chi connectivity index (χ0v) is 15.7. The number of nitrogens with one attached hydrogen (secondary N) is 2. The van der Waals surface area contributed by atoms with Crippen LogP contribution < -0.4 is 20.1 Å². The van der Waals surface area contributed by atoms with E-state index in [1.807, 2.05) is 19.1 Å². The molecule has 142 valence electrons. The number of rotatable bonds is 12. The van der Waals surface area contributed by atoms with Crippen molar-refractivity contribution in [2.75, 3.05) is 64.9 Å². The highest BCUT2D eigenvalue weighted by Gasteiger charge is 2.29. The van der Waals surface area contributed by atoms with Gasteiger partial charge in [-0.05, 0) is 6.92 Å². The van der Waals surface area contributed by atoms with Gasteiger partial charge in [-0.2, -0.15) is 0 Å². The van der Waals surface area contributed by atoms with E-state index < -0.39 is 4.99 Å². The monoisotopic (exact) mass is 374 g/mol. The van der Waals surface area contributed by atoms with Crippen molar-refractivity contribution in [1.29, 1.82) is 0 Å². The zero-order valence-electron chi connectivity index (χ0n) is 14.8. The van der Waals surface area contributed by atoms with Crippen LogP contribution in [0.2, 0.25) is 0 Å². The van der Waals surface area contributed by atoms with E-state index in [0.29, 0.717) is 37.9 Å². The molecule has 1 aromatic rings. The molecule has 8 nitrogen and oxygen atoms in total. The molecule has 9 heteroatoms. The minimum Gasteiger partial charge on any atom is -0.464 e. The summed E-state index contributed by atoms with van der Waals surface area (Å²) < 4.78 is 31.9. The Morgan fingerprint density at radius 2 is 1.28 bits per heavy atom. The third-order valence-electron chi connectivity index (χ3n) is 3.30. The second-order valence-electron chi connectivity index (χ2n) is 5.49. The Morgan fingerprint density at radius 3 is 1.68 bits per heavy atom. The third-order valence-corrected chi connectivity index (χ3v) is 3.52. The molecule has 0 saturated carbocycles. The molecular formula is C16H26N2O6S. The Bertz CT molecular complexity index is 499. The fourth-order valence-corrected chi connectivity index (χ4v) is 2.40. The van der Waals surface area contributed by atoms with Crippen molar-refractivity contribution in [1.82, 2.24) is 0 Å². The molecule has 0 unspecified atom stereocenters. The summed E-state index contributed by atoms with van der Waals surface area (Å²) in [6.45, 7) is 4.02. The standard InChI is InChI=1S/C16H26N2O6S/c1-16(25)17-12-8-14(23-10-21-6-4-19-2)15(9-13(12)18-16)24-11-22-7-5-20-3/h8-9,17-18,25H,4-7,10-11H2,1-3H3. The molecule has 0 radical (unpaired) electrons. The summed E-state index contributed by atoms with van der Waals surface area (Å²) in [5.41, 5.74) is 1.74. The van der Waals surface area contributed by atoms with E-state index in [1.54, 1.807) is 14.2 Å². The van der Waals surface area contributed by atoms with Crippen LogP contribution in [-0.2, 0) is 18.9 Å². The van der Waals surface area contributed by atoms with E-state index in [1.165, 1.54) is 0 Å². The Labute approximate surface area is 153 Å². The van der Waals surface area contributed by atoms with Crippen molar-refractivity contribution >= 4 is 24.0 Å². The van der Waals surface area contributed by atoms with Gasteiger partial charge in [-0.25, -0.2) is 0 Å². The first-order valence-corrected chi connectivity index (χ1v) is 8.36. The van der Waals surface area contributed by atoms with Gasteiger partial charge < -0.3 is 39.1 Å². The van der Waals surface area contributed by atoms with Gasteiger partial charge in [0.2, 0.25) is 0 Å². The molecule has 0 bridgehead atoms. The summed E-state index contributed by atoms with van der Waals surface area (Å²) >= 11 is 4.50. The summed E-state index contributed by atoms with van der Waals surface area (Å²) in [4.78, 5) is -0.540. The Balaban J connectivity index is 1.98. The van der Waals surface area contributed by atoms with E-state index >= 15 is 0 Å². The van der Waals surface area contributed by atoms with E-state index in [0.717, 1.165) is 11.4 Å². The lowest BCUT2D eigenvalue weighted by Crippen LogP contribution is -2.30. The second-order valence-corrected chi connectivity index (χ2v) is 6.39. The van der Waals surface area contributed by atoms with Gasteiger partial charge in [0.15, 0.2) is 30.1 Å². The first kappa shape index (κ1) is 19.9. The lowest BCUT2D eigenvalue weighted by molar-refractivity contribution is -0.0206. The topological polar surface area (TPSA) is 79.4 Å². The van der Waals surface area contributed by atoms with Crippen LogP contribution in [0.1, 0.15) is 6.92 Å². The predicted octanol–water partition coefficient (Wildman–Crippen LogP) is 2.13. The number of benzene rings is 1. The molecule has 0 saturated heterocycles. The molecule has 25 heavy (non-hydrogen) atoms. The number of hydrogen-bond donors (Lipinski definition) is 3. The summed E-state index contributed by atoms with van der Waals surface area (Å²) in [5, 5.41) is 6.49. The molecule has 1 heterocycles. The first-order chi connectivity index (χ1) is 12.1. The average molecular weight is 374 g/mol. The number of fused-ring (bicyclic) bond motifs is 1. The Morgan fingerprint density at radius 1 is 0.840 bits per heavy atom. The molecule has 0 amide bonds. The van der Waals surface area contributed by atoms with E-state index in [2.05, 4.69) is 23.3 Å². The van der Waals surface area contributed by atoms with Crippen molar-refractivity contribution in [3.8, 4) is 11.5 Å². The number of anilines is 2. The minimum atomic E-state index is -0.540. The Kier molecular flexibility index (Phi) is 7.91. The van der Waals surface area contributed by atoms with E-state index in [9.17, 15) is 0 Å². The highest BCUT2D eigenvalue weighted by atomic mass is 32.1. The van der Waals surface area contributed by atoms with Gasteiger partial charge in [0.05, 0.1) is 37.8 Å². The fourth-order valence-electron chi connectivity index (χ4n) is 2.16. The van der Waals surface area contributed by atoms with Crippen LogP contribution in [0.5, 0.6) is 11.5 Å². The lowest BCUT2D eigenvalue weighted by atomic mass is 10.2. The third kappa shape index (κ3) is 6.44. The fraction of sp³-hybridized carbons (Fsp3) is 0.625. The molecule has 1 aliphatic heterocycles. The molecule has 0 atom stereocenters. The van der Waals surface area contributed by atoms with Crippen LogP contribution in [0.3, 0.4) is 0 Å². The maximum Gasteiger partial charge on any atom is 0.189 e. The summed E-state index contributed by atoms with van der Waals surface area (Å²) in [6.07, 6.45) is 0. The van der Waals surface area contributed by atoms with Gasteiger partial charge in [0.1, 0.15) is 0 Å². The SMILES string of the molecule is COCCOCOc1cc2c(cc1OCOCCOC)NC(C)(S)N2. The molecule has 1 aliphatic rings. The van der Waals surface area contributed by atoms with Crippen LogP contribution >= 0.6 is 12.6 Å². The second kappa shape index (κ2) is 9.93. The van der Waals surface area contributed by atoms with Crippen LogP contribution in [0.4, 0.5) is 11.4 Å². The van der Waals surface area contributed by atoms with Gasteiger partial charge in [-0.15, -0.1) is 12.6 Å². The van der Waals surface area contributed by atoms with Crippen molar-refractivity contribution in [2.24, 2.45) is 0 Å². The summed E-state index contributed by atoms with van der Waals surface area (Å²) in [5.74, 6) is 1.10. The van der Waals surface area contributed by atoms with Crippen molar-refractivity contribution in [2.45, 2.75) is 11.9 Å². The Hall–Kier alpha value is -1.39. The number of thiol groups is 1. The van der Waals surface area contributed by atoms with E-state index in [4.69, 9.17) is 28.4 Å². The molecule has 2 N–H and O–H groups in total. The molecule has 0 aromatic heterocycles.